The van der Waals surface area contributed by atoms with Crippen LogP contribution in [0, 0.1) is 18.2 Å². The van der Waals surface area contributed by atoms with Crippen LogP contribution in [0.1, 0.15) is 23.1 Å². The van der Waals surface area contributed by atoms with Gasteiger partial charge in [0.15, 0.2) is 0 Å². The Morgan fingerprint density at radius 1 is 0.324 bits per heavy atom. The summed E-state index contributed by atoms with van der Waals surface area (Å²) in [5.41, 5.74) is 21.1. The Balaban J connectivity index is 0.00000539. The van der Waals surface area contributed by atoms with Gasteiger partial charge >= 0.3 is 20.1 Å². The zero-order valence-electron chi connectivity index (χ0n) is 37.0. The van der Waals surface area contributed by atoms with E-state index in [1.165, 1.54) is 5.57 Å². The number of hydrogen-bond donors (Lipinski definition) is 0. The van der Waals surface area contributed by atoms with E-state index in [-0.39, 0.29) is 20.1 Å². The smallest absolute Gasteiger partial charge is 0.304 e. The van der Waals surface area contributed by atoms with Crippen molar-refractivity contribution in [2.24, 2.45) is 0 Å². The third-order valence-electron chi connectivity index (χ3n) is 12.3. The Morgan fingerprint density at radius 2 is 0.794 bits per heavy atom. The zero-order chi connectivity index (χ0) is 44.8. The summed E-state index contributed by atoms with van der Waals surface area (Å²) < 4.78 is 0. The maximum absolute atomic E-state index is 5.07. The number of aromatic nitrogens is 3. The van der Waals surface area contributed by atoms with Crippen LogP contribution < -0.4 is 0 Å². The SMILES string of the molecule is [Ir+3].[c-]1ccccc1-c1ccc(-c2ccccc2C2=CCC(c3ccccc3-c3cnc(-c4[c-]cccc4)cc3-c3ccccc3)=CC(c3ccccc3-c3ccc(-c4[c-]cccc4)nc3)=C2)cn1. The topological polar surface area (TPSA) is 38.7 Å². The van der Waals surface area contributed by atoms with E-state index in [4.69, 9.17) is 15.0 Å². The maximum atomic E-state index is 5.07. The number of nitrogens with zero attached hydrogens (tertiary/aromatic N) is 3. The van der Waals surface area contributed by atoms with Gasteiger partial charge in [0.1, 0.15) is 0 Å². The van der Waals surface area contributed by atoms with Gasteiger partial charge in [-0.15, -0.1) is 108 Å². The van der Waals surface area contributed by atoms with Crippen LogP contribution in [0.2, 0.25) is 0 Å². The van der Waals surface area contributed by atoms with Crippen molar-refractivity contribution < 1.29 is 20.1 Å². The molecule has 322 valence electrons. The minimum atomic E-state index is 0. The molecule has 0 atom stereocenters. The molecular weight excluding hydrogens is 1000 g/mol. The molecule has 7 aromatic carbocycles. The van der Waals surface area contributed by atoms with Crippen molar-refractivity contribution in [2.45, 2.75) is 6.42 Å². The monoisotopic (exact) mass is 1050 g/mol. The van der Waals surface area contributed by atoms with Crippen molar-refractivity contribution in [3.8, 4) is 78.3 Å². The second-order valence-electron chi connectivity index (χ2n) is 16.4. The summed E-state index contributed by atoms with van der Waals surface area (Å²) in [6, 6.07) is 81.5. The van der Waals surface area contributed by atoms with Crippen LogP contribution in [-0.4, -0.2) is 15.0 Å². The molecule has 1 aliphatic rings. The Labute approximate surface area is 412 Å². The molecule has 0 fully saturated rings. The number of allylic oxidation sites excluding steroid dienone is 6. The van der Waals surface area contributed by atoms with Gasteiger partial charge in [0.05, 0.1) is 0 Å². The second kappa shape index (κ2) is 20.2. The average molecular weight is 1050 g/mol. The van der Waals surface area contributed by atoms with Gasteiger partial charge in [-0.05, 0) is 102 Å². The summed E-state index contributed by atoms with van der Waals surface area (Å²) in [5.74, 6) is 0. The number of pyridine rings is 3. The first kappa shape index (κ1) is 43.7. The molecule has 68 heavy (non-hydrogen) atoms. The number of rotatable bonds is 10. The maximum Gasteiger partial charge on any atom is 3.00 e. The van der Waals surface area contributed by atoms with E-state index >= 15 is 0 Å². The molecule has 11 rings (SSSR count). The van der Waals surface area contributed by atoms with E-state index in [0.29, 0.717) is 6.42 Å². The van der Waals surface area contributed by atoms with Crippen molar-refractivity contribution in [2.75, 3.05) is 0 Å². The normalized spacial score (nSPS) is 12.2. The number of benzene rings is 7. The van der Waals surface area contributed by atoms with Gasteiger partial charge in [0.2, 0.25) is 0 Å². The fourth-order valence-corrected chi connectivity index (χ4v) is 8.99. The van der Waals surface area contributed by atoms with Crippen molar-refractivity contribution in [3.05, 3.63) is 278 Å². The molecule has 0 aliphatic heterocycles. The van der Waals surface area contributed by atoms with E-state index in [0.717, 1.165) is 106 Å². The van der Waals surface area contributed by atoms with E-state index in [2.05, 4.69) is 176 Å². The molecule has 0 bridgehead atoms. The molecular formula is C64H42IrN3. The van der Waals surface area contributed by atoms with Crippen molar-refractivity contribution in [1.82, 2.24) is 15.0 Å². The predicted molar refractivity (Wildman–Crippen MR) is 276 cm³/mol. The van der Waals surface area contributed by atoms with E-state index in [9.17, 15) is 0 Å². The molecule has 0 amide bonds. The van der Waals surface area contributed by atoms with Crippen LogP contribution in [0.3, 0.4) is 0 Å². The summed E-state index contributed by atoms with van der Waals surface area (Å²) in [6.07, 6.45) is 13.8. The van der Waals surface area contributed by atoms with E-state index < -0.39 is 0 Å². The first-order valence-electron chi connectivity index (χ1n) is 22.5. The van der Waals surface area contributed by atoms with Crippen LogP contribution in [0.25, 0.3) is 95.0 Å². The molecule has 4 heteroatoms. The van der Waals surface area contributed by atoms with Crippen LogP contribution in [0.15, 0.2) is 243 Å². The molecule has 0 saturated carbocycles. The quantitative estimate of drug-likeness (QED) is 0.128. The van der Waals surface area contributed by atoms with Gasteiger partial charge in [-0.1, -0.05) is 146 Å². The molecule has 10 aromatic rings. The zero-order valence-corrected chi connectivity index (χ0v) is 39.4. The van der Waals surface area contributed by atoms with E-state index in [1.54, 1.807) is 0 Å². The van der Waals surface area contributed by atoms with Gasteiger partial charge < -0.3 is 15.0 Å². The Bertz CT molecular complexity index is 3430. The fraction of sp³-hybridized carbons (Fsp3) is 0.0156. The van der Waals surface area contributed by atoms with Crippen LogP contribution >= 0.6 is 0 Å². The van der Waals surface area contributed by atoms with Crippen LogP contribution in [-0.2, 0) is 20.1 Å². The molecule has 0 radical (unpaired) electrons. The van der Waals surface area contributed by atoms with Gasteiger partial charge in [-0.3, -0.25) is 0 Å². The van der Waals surface area contributed by atoms with Gasteiger partial charge in [0.25, 0.3) is 0 Å². The molecule has 1 aliphatic carbocycles. The van der Waals surface area contributed by atoms with Crippen molar-refractivity contribution >= 4 is 16.7 Å². The molecule has 0 spiro atoms. The second-order valence-corrected chi connectivity index (χ2v) is 16.4. The van der Waals surface area contributed by atoms with E-state index in [1.807, 2.05) is 85.3 Å². The first-order valence-corrected chi connectivity index (χ1v) is 22.5. The molecule has 3 heterocycles. The van der Waals surface area contributed by atoms with Gasteiger partial charge in [-0.2, -0.15) is 0 Å². The first-order chi connectivity index (χ1) is 33.2. The minimum Gasteiger partial charge on any atom is -0.304 e. The molecule has 3 aromatic heterocycles. The van der Waals surface area contributed by atoms with Crippen molar-refractivity contribution in [3.63, 3.8) is 0 Å². The standard InChI is InChI=1S/C64H42N3.Ir/c1-5-19-45(20-6-1)60-41-64(48-25-11-4-12-26-48)67-44-61(60)59-32-18-17-28-55(59)50-34-33-49(54-27-13-14-29-56(54)51-35-37-62(65-42-51)46-21-7-2-8-22-46)39-53(40-50)58-31-16-15-30-57(58)52-36-38-63(66-43-52)47-23-9-3-10-24-47;/h1-21,23,25,27-33,35-44H,34H2;/q-3;+3. The molecule has 0 unspecified atom stereocenters. The largest absolute Gasteiger partial charge is 3.00 e. The van der Waals surface area contributed by atoms with Crippen LogP contribution in [0.4, 0.5) is 0 Å². The summed E-state index contributed by atoms with van der Waals surface area (Å²) in [4.78, 5) is 14.9. The average Bonchev–Trinajstić information content (AvgIpc) is 3.65. The molecule has 3 nitrogen and oxygen atoms in total. The predicted octanol–water partition coefficient (Wildman–Crippen LogP) is 15.9. The third-order valence-corrected chi connectivity index (χ3v) is 12.3. The minimum absolute atomic E-state index is 0. The Kier molecular flexibility index (Phi) is 13.0. The summed E-state index contributed by atoms with van der Waals surface area (Å²) >= 11 is 0. The van der Waals surface area contributed by atoms with Crippen molar-refractivity contribution in [1.29, 1.82) is 0 Å². The molecule has 0 N–H and O–H groups in total. The van der Waals surface area contributed by atoms with Crippen LogP contribution in [0.5, 0.6) is 0 Å². The van der Waals surface area contributed by atoms with Gasteiger partial charge in [-0.25, -0.2) is 0 Å². The Hall–Kier alpha value is -8.14. The fourth-order valence-electron chi connectivity index (χ4n) is 8.99. The summed E-state index contributed by atoms with van der Waals surface area (Å²) in [6.45, 7) is 0. The van der Waals surface area contributed by atoms with Gasteiger partial charge in [0, 0.05) is 24.2 Å². The summed E-state index contributed by atoms with van der Waals surface area (Å²) in [5, 5.41) is 0. The third kappa shape index (κ3) is 9.17. The molecule has 0 saturated heterocycles. The Morgan fingerprint density at radius 3 is 1.32 bits per heavy atom. The number of hydrogen-bond acceptors (Lipinski definition) is 3. The summed E-state index contributed by atoms with van der Waals surface area (Å²) in [7, 11) is 0.